The molecule has 0 aliphatic rings. The van der Waals surface area contributed by atoms with Crippen molar-refractivity contribution in [3.63, 3.8) is 0 Å². The quantitative estimate of drug-likeness (QED) is 0.723. The molecule has 0 rings (SSSR count). The number of carboxylic acid groups (broad SMARTS) is 1. The minimum absolute atomic E-state index is 0. The van der Waals surface area contributed by atoms with Gasteiger partial charge in [-0.15, -0.1) is 0 Å². The Labute approximate surface area is 75.8 Å². The fourth-order valence-corrected chi connectivity index (χ4v) is 0. The van der Waals surface area contributed by atoms with Gasteiger partial charge in [0.15, 0.2) is 0 Å². The Hall–Kier alpha value is 0.821. The van der Waals surface area contributed by atoms with Crippen LogP contribution in [0.2, 0.25) is 0 Å². The zero-order chi connectivity index (χ0) is 5.15. The van der Waals surface area contributed by atoms with Crippen molar-refractivity contribution in [1.29, 1.82) is 0 Å². The Morgan fingerprint density at radius 1 is 1.57 bits per heavy atom. The number of hydrogen-bond acceptors (Lipinski definition) is 1. The van der Waals surface area contributed by atoms with Crippen LogP contribution in [-0.2, 0) is 4.79 Å². The van der Waals surface area contributed by atoms with Crippen molar-refractivity contribution in [1.82, 2.24) is 0 Å². The van der Waals surface area contributed by atoms with Gasteiger partial charge in [-0.3, -0.25) is 4.79 Å². The molecule has 7 heavy (non-hydrogen) atoms. The van der Waals surface area contributed by atoms with E-state index in [0.717, 1.165) is 0 Å². The zero-order valence-electron chi connectivity index (χ0n) is 4.43. The van der Waals surface area contributed by atoms with Gasteiger partial charge < -0.3 is 5.11 Å². The summed E-state index contributed by atoms with van der Waals surface area (Å²) in [6, 6.07) is 0. The SMILES string of the molecule is CC(C)C(=O)O.[Nd]. The van der Waals surface area contributed by atoms with Gasteiger partial charge in [-0.05, 0) is 0 Å². The first-order valence-electron chi connectivity index (χ1n) is 1.87. The van der Waals surface area contributed by atoms with Gasteiger partial charge in [-0.2, -0.15) is 0 Å². The largest absolute Gasteiger partial charge is 0.481 e. The number of carbonyl (C=O) groups is 1. The smallest absolute Gasteiger partial charge is 0.305 e. The summed E-state index contributed by atoms with van der Waals surface area (Å²) in [7, 11) is 0. The third-order valence-corrected chi connectivity index (χ3v) is 0.494. The van der Waals surface area contributed by atoms with Crippen LogP contribution in [0, 0.1) is 46.8 Å². The molecule has 2 nitrogen and oxygen atoms in total. The molecule has 0 aliphatic heterocycles. The van der Waals surface area contributed by atoms with Crippen molar-refractivity contribution in [2.75, 3.05) is 0 Å². The summed E-state index contributed by atoms with van der Waals surface area (Å²) in [5, 5.41) is 7.99. The molecule has 0 saturated heterocycles. The molecule has 0 radical (unpaired) electrons. The van der Waals surface area contributed by atoms with E-state index in [1.165, 1.54) is 0 Å². The van der Waals surface area contributed by atoms with Crippen LogP contribution in [0.3, 0.4) is 0 Å². The van der Waals surface area contributed by atoms with Crippen LogP contribution in [0.1, 0.15) is 13.8 Å². The molecule has 0 unspecified atom stereocenters. The van der Waals surface area contributed by atoms with Gasteiger partial charge in [0.2, 0.25) is 0 Å². The van der Waals surface area contributed by atoms with Crippen LogP contribution in [0.4, 0.5) is 0 Å². The first-order valence-corrected chi connectivity index (χ1v) is 1.87. The average molecular weight is 232 g/mol. The summed E-state index contributed by atoms with van der Waals surface area (Å²) >= 11 is 0. The van der Waals surface area contributed by atoms with E-state index in [4.69, 9.17) is 5.11 Å². The maximum absolute atomic E-state index is 9.70. The summed E-state index contributed by atoms with van der Waals surface area (Å²) in [6.45, 7) is 3.28. The Balaban J connectivity index is 0. The molecule has 0 spiro atoms. The molecule has 1 N–H and O–H groups in total. The number of hydrogen-bond donors (Lipinski definition) is 1. The molecule has 0 aromatic carbocycles. The van der Waals surface area contributed by atoms with Crippen LogP contribution >= 0.6 is 0 Å². The maximum Gasteiger partial charge on any atom is 0.305 e. The molecule has 0 heterocycles. The fraction of sp³-hybridized carbons (Fsp3) is 0.750. The third kappa shape index (κ3) is 6.82. The van der Waals surface area contributed by atoms with Gasteiger partial charge >= 0.3 is 5.97 Å². The molecule has 0 aromatic rings. The number of rotatable bonds is 1. The van der Waals surface area contributed by atoms with Crippen molar-refractivity contribution in [2.45, 2.75) is 13.8 Å². The topological polar surface area (TPSA) is 37.3 Å². The summed E-state index contributed by atoms with van der Waals surface area (Å²) in [5.41, 5.74) is 0. The second-order valence-electron chi connectivity index (χ2n) is 1.49. The zero-order valence-corrected chi connectivity index (χ0v) is 7.64. The van der Waals surface area contributed by atoms with E-state index in [0.29, 0.717) is 0 Å². The Kier molecular flexibility index (Phi) is 7.62. The van der Waals surface area contributed by atoms with Gasteiger partial charge in [0.05, 0.1) is 5.92 Å². The molecule has 0 fully saturated rings. The van der Waals surface area contributed by atoms with Gasteiger partial charge in [0, 0.05) is 40.8 Å². The maximum atomic E-state index is 9.70. The van der Waals surface area contributed by atoms with E-state index in [9.17, 15) is 4.79 Å². The molecule has 0 aliphatic carbocycles. The van der Waals surface area contributed by atoms with Crippen molar-refractivity contribution in [3.8, 4) is 0 Å². The van der Waals surface area contributed by atoms with Crippen LogP contribution in [0.15, 0.2) is 0 Å². The minimum Gasteiger partial charge on any atom is -0.481 e. The van der Waals surface area contributed by atoms with Gasteiger partial charge in [-0.25, -0.2) is 0 Å². The van der Waals surface area contributed by atoms with Crippen molar-refractivity contribution in [2.24, 2.45) is 5.92 Å². The van der Waals surface area contributed by atoms with E-state index in [-0.39, 0.29) is 46.8 Å². The van der Waals surface area contributed by atoms with Gasteiger partial charge in [0.25, 0.3) is 0 Å². The molecule has 0 saturated carbocycles. The molecule has 0 bridgehead atoms. The van der Waals surface area contributed by atoms with Crippen molar-refractivity contribution < 1.29 is 50.7 Å². The Morgan fingerprint density at radius 3 is 1.71 bits per heavy atom. The van der Waals surface area contributed by atoms with Gasteiger partial charge in [-0.1, -0.05) is 13.8 Å². The van der Waals surface area contributed by atoms with Crippen LogP contribution in [-0.4, -0.2) is 11.1 Å². The van der Waals surface area contributed by atoms with E-state index >= 15 is 0 Å². The van der Waals surface area contributed by atoms with Crippen molar-refractivity contribution in [3.05, 3.63) is 0 Å². The van der Waals surface area contributed by atoms with E-state index in [1.54, 1.807) is 13.8 Å². The normalized spacial score (nSPS) is 7.86. The summed E-state index contributed by atoms with van der Waals surface area (Å²) in [6.07, 6.45) is 0. The molecular weight excluding hydrogens is 224 g/mol. The second-order valence-corrected chi connectivity index (χ2v) is 1.49. The fourth-order valence-electron chi connectivity index (χ4n) is 0. The first kappa shape index (κ1) is 10.7. The molecule has 0 aromatic heterocycles. The average Bonchev–Trinajstić information content (AvgIpc) is 1.36. The Morgan fingerprint density at radius 2 is 1.71 bits per heavy atom. The van der Waals surface area contributed by atoms with E-state index < -0.39 is 5.97 Å². The predicted molar refractivity (Wildman–Crippen MR) is 22.5 cm³/mol. The van der Waals surface area contributed by atoms with Crippen LogP contribution in [0.25, 0.3) is 0 Å². The number of carboxylic acids is 1. The predicted octanol–water partition coefficient (Wildman–Crippen LogP) is 0.727. The van der Waals surface area contributed by atoms with Crippen LogP contribution in [0.5, 0.6) is 0 Å². The standard InChI is InChI=1S/C4H8O2.Nd/c1-3(2)4(5)6;/h3H,1-2H3,(H,5,6);. The van der Waals surface area contributed by atoms with E-state index in [2.05, 4.69) is 0 Å². The molecule has 0 amide bonds. The molecular formula is C4H8NdO2. The first-order chi connectivity index (χ1) is 2.64. The third-order valence-electron chi connectivity index (χ3n) is 0.494. The summed E-state index contributed by atoms with van der Waals surface area (Å²) in [5.74, 6) is -0.972. The Bertz CT molecular complexity index is 60.7. The van der Waals surface area contributed by atoms with E-state index in [1.807, 2.05) is 0 Å². The van der Waals surface area contributed by atoms with Crippen LogP contribution < -0.4 is 0 Å². The van der Waals surface area contributed by atoms with Crippen molar-refractivity contribution >= 4 is 5.97 Å². The molecule has 3 heteroatoms. The monoisotopic (exact) mass is 230 g/mol. The molecule has 0 atom stereocenters. The minimum atomic E-state index is -0.741. The summed E-state index contributed by atoms with van der Waals surface area (Å²) in [4.78, 5) is 9.70. The second kappa shape index (κ2) is 4.97. The number of aliphatic carboxylic acids is 1. The molecule has 40 valence electrons. The van der Waals surface area contributed by atoms with Gasteiger partial charge in [0.1, 0.15) is 0 Å². The summed E-state index contributed by atoms with van der Waals surface area (Å²) < 4.78 is 0.